The van der Waals surface area contributed by atoms with Gasteiger partial charge in [-0.1, -0.05) is 31.2 Å². The molecule has 1 aliphatic rings. The third-order valence-electron chi connectivity index (χ3n) is 3.47. The van der Waals surface area contributed by atoms with Crippen molar-refractivity contribution in [2.75, 3.05) is 0 Å². The average molecular weight is 227 g/mol. The van der Waals surface area contributed by atoms with Crippen molar-refractivity contribution in [3.63, 3.8) is 0 Å². The predicted molar refractivity (Wildman–Crippen MR) is 73.2 cm³/mol. The lowest BCUT2D eigenvalue weighted by Crippen LogP contribution is -2.03. The Labute approximate surface area is 104 Å². The van der Waals surface area contributed by atoms with Gasteiger partial charge in [0.25, 0.3) is 0 Å². The molecular weight excluding hydrogens is 206 g/mol. The van der Waals surface area contributed by atoms with Crippen molar-refractivity contribution in [3.05, 3.63) is 52.4 Å². The molecule has 1 aromatic rings. The highest BCUT2D eigenvalue weighted by atomic mass is 14.7. The summed E-state index contributed by atoms with van der Waals surface area (Å²) >= 11 is 0. The molecule has 0 spiro atoms. The molecular formula is C16H21N. The molecule has 0 amide bonds. The number of nitrogens with zero attached hydrogens (tertiary/aromatic N) is 1. The van der Waals surface area contributed by atoms with Gasteiger partial charge < -0.3 is 0 Å². The zero-order valence-electron chi connectivity index (χ0n) is 11.2. The fourth-order valence-electron chi connectivity index (χ4n) is 2.30. The molecule has 0 N–H and O–H groups in total. The Kier molecular flexibility index (Phi) is 3.46. The summed E-state index contributed by atoms with van der Waals surface area (Å²) in [6.07, 6.45) is 9.03. The summed E-state index contributed by atoms with van der Waals surface area (Å²) in [5.74, 6) is 0.668. The Hall–Kier alpha value is -1.37. The molecule has 1 heterocycles. The van der Waals surface area contributed by atoms with Gasteiger partial charge >= 0.3 is 0 Å². The van der Waals surface area contributed by atoms with Crippen molar-refractivity contribution >= 4 is 0 Å². The largest absolute Gasteiger partial charge is 0.257 e. The van der Waals surface area contributed by atoms with E-state index in [-0.39, 0.29) is 0 Å². The minimum Gasteiger partial charge on any atom is -0.257 e. The Balaban J connectivity index is 2.24. The van der Waals surface area contributed by atoms with Crippen LogP contribution in [0.1, 0.15) is 35.9 Å². The molecule has 0 saturated heterocycles. The van der Waals surface area contributed by atoms with Crippen LogP contribution in [0.2, 0.25) is 0 Å². The molecule has 1 atom stereocenters. The van der Waals surface area contributed by atoms with Crippen molar-refractivity contribution < 1.29 is 0 Å². The first-order chi connectivity index (χ1) is 8.06. The molecule has 0 bridgehead atoms. The van der Waals surface area contributed by atoms with E-state index in [2.05, 4.69) is 52.0 Å². The van der Waals surface area contributed by atoms with Gasteiger partial charge in [0.1, 0.15) is 0 Å². The van der Waals surface area contributed by atoms with Gasteiger partial charge in [0, 0.05) is 17.8 Å². The third kappa shape index (κ3) is 2.85. The first-order valence-corrected chi connectivity index (χ1v) is 6.37. The van der Waals surface area contributed by atoms with Crippen LogP contribution in [-0.4, -0.2) is 4.98 Å². The molecule has 0 radical (unpaired) electrons. The van der Waals surface area contributed by atoms with Crippen molar-refractivity contribution in [2.24, 2.45) is 5.92 Å². The molecule has 0 aromatic carbocycles. The van der Waals surface area contributed by atoms with E-state index in [1.807, 2.05) is 0 Å². The second kappa shape index (κ2) is 4.87. The van der Waals surface area contributed by atoms with Gasteiger partial charge in [0.15, 0.2) is 0 Å². The summed E-state index contributed by atoms with van der Waals surface area (Å²) in [5.41, 5.74) is 6.37. The lowest BCUT2D eigenvalue weighted by molar-refractivity contribution is 0.724. The number of aryl methyl sites for hydroxylation is 3. The van der Waals surface area contributed by atoms with Gasteiger partial charge in [-0.15, -0.1) is 0 Å². The van der Waals surface area contributed by atoms with E-state index in [0.29, 0.717) is 5.92 Å². The van der Waals surface area contributed by atoms with Crippen molar-refractivity contribution in [1.82, 2.24) is 4.98 Å². The maximum Gasteiger partial charge on any atom is 0.0479 e. The van der Waals surface area contributed by atoms with E-state index >= 15 is 0 Å². The number of hydrogen-bond acceptors (Lipinski definition) is 1. The summed E-state index contributed by atoms with van der Waals surface area (Å²) in [4.78, 5) is 4.72. The normalized spacial score (nSPS) is 19.3. The Morgan fingerprint density at radius 2 is 2.00 bits per heavy atom. The number of aromatic nitrogens is 1. The second-order valence-electron chi connectivity index (χ2n) is 5.19. The molecule has 1 aromatic heterocycles. The Morgan fingerprint density at radius 3 is 2.71 bits per heavy atom. The molecule has 1 aliphatic carbocycles. The van der Waals surface area contributed by atoms with E-state index in [0.717, 1.165) is 12.1 Å². The highest BCUT2D eigenvalue weighted by Crippen LogP contribution is 2.21. The van der Waals surface area contributed by atoms with Gasteiger partial charge in [-0.05, 0) is 49.8 Å². The van der Waals surface area contributed by atoms with Gasteiger partial charge in [0.2, 0.25) is 0 Å². The molecule has 0 aliphatic heterocycles. The first-order valence-electron chi connectivity index (χ1n) is 6.37. The van der Waals surface area contributed by atoms with Gasteiger partial charge in [0.05, 0.1) is 0 Å². The summed E-state index contributed by atoms with van der Waals surface area (Å²) in [5, 5.41) is 0. The van der Waals surface area contributed by atoms with Crippen LogP contribution in [0, 0.1) is 26.7 Å². The summed E-state index contributed by atoms with van der Waals surface area (Å²) in [6.45, 7) is 8.64. The van der Waals surface area contributed by atoms with E-state index in [1.54, 1.807) is 0 Å². The van der Waals surface area contributed by atoms with Gasteiger partial charge in [-0.3, -0.25) is 4.98 Å². The lowest BCUT2D eigenvalue weighted by atomic mass is 9.94. The van der Waals surface area contributed by atoms with E-state index < -0.39 is 0 Å². The van der Waals surface area contributed by atoms with Crippen LogP contribution in [0.4, 0.5) is 0 Å². The molecule has 2 rings (SSSR count). The number of pyridine rings is 1. The SMILES string of the molecule is Cc1cc(C)c(CC2=C[C@@H](C)CC=C2)nc1C. The second-order valence-corrected chi connectivity index (χ2v) is 5.19. The zero-order chi connectivity index (χ0) is 12.4. The van der Waals surface area contributed by atoms with Crippen LogP contribution in [0.15, 0.2) is 29.9 Å². The van der Waals surface area contributed by atoms with Crippen molar-refractivity contribution in [1.29, 1.82) is 0 Å². The lowest BCUT2D eigenvalue weighted by Gasteiger charge is -2.14. The Morgan fingerprint density at radius 1 is 1.24 bits per heavy atom. The number of rotatable bonds is 2. The minimum atomic E-state index is 0.668. The van der Waals surface area contributed by atoms with Crippen LogP contribution in [0.3, 0.4) is 0 Å². The molecule has 1 nitrogen and oxygen atoms in total. The van der Waals surface area contributed by atoms with Crippen molar-refractivity contribution in [3.8, 4) is 0 Å². The molecule has 90 valence electrons. The van der Waals surface area contributed by atoms with E-state index in [4.69, 9.17) is 4.98 Å². The molecule has 0 fully saturated rings. The zero-order valence-corrected chi connectivity index (χ0v) is 11.2. The first kappa shape index (κ1) is 12.1. The summed E-state index contributed by atoms with van der Waals surface area (Å²) < 4.78 is 0. The fourth-order valence-corrected chi connectivity index (χ4v) is 2.30. The standard InChI is InChI=1S/C16H21N/c1-11-6-5-7-15(8-11)10-16-13(3)9-12(2)14(4)17-16/h5,7-9,11H,6,10H2,1-4H3/t11-/m0/s1. The van der Waals surface area contributed by atoms with Crippen LogP contribution in [0.5, 0.6) is 0 Å². The predicted octanol–water partition coefficient (Wildman–Crippen LogP) is 4.07. The van der Waals surface area contributed by atoms with Crippen molar-refractivity contribution in [2.45, 2.75) is 40.5 Å². The van der Waals surface area contributed by atoms with Crippen LogP contribution >= 0.6 is 0 Å². The highest BCUT2D eigenvalue weighted by Gasteiger charge is 2.08. The molecule has 17 heavy (non-hydrogen) atoms. The van der Waals surface area contributed by atoms with Gasteiger partial charge in [-0.25, -0.2) is 0 Å². The molecule has 0 saturated carbocycles. The average Bonchev–Trinajstić information content (AvgIpc) is 2.26. The van der Waals surface area contributed by atoms with Gasteiger partial charge in [-0.2, -0.15) is 0 Å². The maximum absolute atomic E-state index is 4.72. The smallest absolute Gasteiger partial charge is 0.0479 e. The summed E-state index contributed by atoms with van der Waals surface area (Å²) in [7, 11) is 0. The highest BCUT2D eigenvalue weighted by molar-refractivity contribution is 5.34. The molecule has 0 unspecified atom stereocenters. The third-order valence-corrected chi connectivity index (χ3v) is 3.47. The maximum atomic E-state index is 4.72. The van der Waals surface area contributed by atoms with E-state index in [9.17, 15) is 0 Å². The quantitative estimate of drug-likeness (QED) is 0.742. The number of hydrogen-bond donors (Lipinski definition) is 0. The van der Waals surface area contributed by atoms with Crippen LogP contribution in [0.25, 0.3) is 0 Å². The number of allylic oxidation sites excluding steroid dienone is 4. The molecule has 1 heteroatoms. The monoisotopic (exact) mass is 227 g/mol. The minimum absolute atomic E-state index is 0.668. The fraction of sp³-hybridized carbons (Fsp3) is 0.438. The van der Waals surface area contributed by atoms with E-state index in [1.165, 1.54) is 28.8 Å². The van der Waals surface area contributed by atoms with Crippen LogP contribution in [-0.2, 0) is 6.42 Å². The Bertz CT molecular complexity index is 481. The summed E-state index contributed by atoms with van der Waals surface area (Å²) in [6, 6.07) is 2.24. The topological polar surface area (TPSA) is 12.9 Å². The van der Waals surface area contributed by atoms with Crippen LogP contribution < -0.4 is 0 Å².